The van der Waals surface area contributed by atoms with Gasteiger partial charge in [-0.1, -0.05) is 37.3 Å². The van der Waals surface area contributed by atoms with E-state index in [0.717, 1.165) is 26.1 Å². The minimum absolute atomic E-state index is 0.221. The third-order valence-corrected chi connectivity index (χ3v) is 2.81. The summed E-state index contributed by atoms with van der Waals surface area (Å²) in [6.45, 7) is 6.16. The van der Waals surface area contributed by atoms with Gasteiger partial charge in [0.05, 0.1) is 6.61 Å². The zero-order valence-corrected chi connectivity index (χ0v) is 10.7. The fraction of sp³-hybridized carbons (Fsp3) is 0.571. The van der Waals surface area contributed by atoms with Crippen LogP contribution < -0.4 is 10.6 Å². The zero-order chi connectivity index (χ0) is 12.3. The zero-order valence-electron chi connectivity index (χ0n) is 10.7. The Labute approximate surface area is 104 Å². The fourth-order valence-electron chi connectivity index (χ4n) is 1.76. The van der Waals surface area contributed by atoms with Gasteiger partial charge in [0.15, 0.2) is 0 Å². The molecule has 0 saturated heterocycles. The second-order valence-electron chi connectivity index (χ2n) is 4.34. The number of rotatable bonds is 9. The molecule has 0 bridgehead atoms. The number of aliphatic hydroxyl groups is 1. The second-order valence-corrected chi connectivity index (χ2v) is 4.34. The standard InChI is InChI=1S/C14H24N2O/c1-13(14-6-3-2-4-7-14)12-16-9-5-8-15-10-11-17/h2-4,6-7,13,15-17H,5,8-12H2,1H3/t13-/m0/s1. The van der Waals surface area contributed by atoms with Crippen molar-refractivity contribution >= 4 is 0 Å². The third kappa shape index (κ3) is 6.41. The highest BCUT2D eigenvalue weighted by Gasteiger charge is 2.03. The Morgan fingerprint density at radius 3 is 2.47 bits per heavy atom. The van der Waals surface area contributed by atoms with Gasteiger partial charge in [-0.05, 0) is 31.0 Å². The molecule has 1 atom stereocenters. The van der Waals surface area contributed by atoms with Crippen LogP contribution in [0.1, 0.15) is 24.8 Å². The summed E-state index contributed by atoms with van der Waals surface area (Å²) >= 11 is 0. The fourth-order valence-corrected chi connectivity index (χ4v) is 1.76. The molecule has 0 aliphatic carbocycles. The summed E-state index contributed by atoms with van der Waals surface area (Å²) in [6, 6.07) is 10.6. The first-order valence-electron chi connectivity index (χ1n) is 6.42. The van der Waals surface area contributed by atoms with E-state index < -0.39 is 0 Å². The molecule has 3 nitrogen and oxygen atoms in total. The summed E-state index contributed by atoms with van der Waals surface area (Å²) in [4.78, 5) is 0. The summed E-state index contributed by atoms with van der Waals surface area (Å²) in [7, 11) is 0. The average molecular weight is 236 g/mol. The smallest absolute Gasteiger partial charge is 0.0555 e. The van der Waals surface area contributed by atoms with Crippen molar-refractivity contribution in [3.05, 3.63) is 35.9 Å². The molecule has 0 aromatic heterocycles. The van der Waals surface area contributed by atoms with Gasteiger partial charge in [-0.15, -0.1) is 0 Å². The van der Waals surface area contributed by atoms with Crippen LogP contribution in [0.3, 0.4) is 0 Å². The maximum atomic E-state index is 8.59. The molecule has 0 heterocycles. The van der Waals surface area contributed by atoms with Crippen molar-refractivity contribution < 1.29 is 5.11 Å². The van der Waals surface area contributed by atoms with Gasteiger partial charge in [-0.3, -0.25) is 0 Å². The van der Waals surface area contributed by atoms with Crippen molar-refractivity contribution in [1.82, 2.24) is 10.6 Å². The first-order chi connectivity index (χ1) is 8.34. The molecule has 3 N–H and O–H groups in total. The molecule has 0 saturated carbocycles. The van der Waals surface area contributed by atoms with Gasteiger partial charge in [0, 0.05) is 13.1 Å². The minimum Gasteiger partial charge on any atom is -0.395 e. The average Bonchev–Trinajstić information content (AvgIpc) is 2.38. The number of hydrogen-bond acceptors (Lipinski definition) is 3. The van der Waals surface area contributed by atoms with Crippen LogP contribution in [0.25, 0.3) is 0 Å². The molecule has 0 spiro atoms. The second kappa shape index (κ2) is 9.16. The lowest BCUT2D eigenvalue weighted by Crippen LogP contribution is -2.26. The maximum absolute atomic E-state index is 8.59. The van der Waals surface area contributed by atoms with Crippen LogP contribution in [0.2, 0.25) is 0 Å². The molecule has 0 fully saturated rings. The molecule has 17 heavy (non-hydrogen) atoms. The van der Waals surface area contributed by atoms with Gasteiger partial charge >= 0.3 is 0 Å². The molecule has 1 aromatic rings. The van der Waals surface area contributed by atoms with Crippen molar-refractivity contribution in [2.75, 3.05) is 32.8 Å². The number of nitrogens with one attached hydrogen (secondary N) is 2. The van der Waals surface area contributed by atoms with E-state index in [4.69, 9.17) is 5.11 Å². The highest BCUT2D eigenvalue weighted by molar-refractivity contribution is 5.18. The number of hydrogen-bond donors (Lipinski definition) is 3. The Morgan fingerprint density at radius 2 is 1.76 bits per heavy atom. The molecular formula is C14H24N2O. The van der Waals surface area contributed by atoms with E-state index in [1.807, 2.05) is 0 Å². The van der Waals surface area contributed by atoms with Crippen molar-refractivity contribution in [3.8, 4) is 0 Å². The topological polar surface area (TPSA) is 44.3 Å². The van der Waals surface area contributed by atoms with E-state index in [9.17, 15) is 0 Å². The lowest BCUT2D eigenvalue weighted by molar-refractivity contribution is 0.292. The predicted octanol–water partition coefficient (Wildman–Crippen LogP) is 1.35. The van der Waals surface area contributed by atoms with Crippen molar-refractivity contribution in [2.45, 2.75) is 19.3 Å². The van der Waals surface area contributed by atoms with Crippen LogP contribution in [0.15, 0.2) is 30.3 Å². The molecular weight excluding hydrogens is 212 g/mol. The van der Waals surface area contributed by atoms with Crippen LogP contribution in [-0.4, -0.2) is 37.9 Å². The van der Waals surface area contributed by atoms with Crippen LogP contribution in [-0.2, 0) is 0 Å². The largest absolute Gasteiger partial charge is 0.395 e. The molecule has 96 valence electrons. The number of benzene rings is 1. The Bertz CT molecular complexity index is 277. The lowest BCUT2D eigenvalue weighted by Gasteiger charge is -2.13. The minimum atomic E-state index is 0.221. The lowest BCUT2D eigenvalue weighted by atomic mass is 10.0. The van der Waals surface area contributed by atoms with Crippen molar-refractivity contribution in [2.24, 2.45) is 0 Å². The Balaban J connectivity index is 2.03. The first kappa shape index (κ1) is 14.2. The van der Waals surface area contributed by atoms with Gasteiger partial charge < -0.3 is 15.7 Å². The molecule has 1 rings (SSSR count). The van der Waals surface area contributed by atoms with Crippen LogP contribution in [0.5, 0.6) is 0 Å². The Hall–Kier alpha value is -0.900. The van der Waals surface area contributed by atoms with Crippen molar-refractivity contribution in [1.29, 1.82) is 0 Å². The normalized spacial score (nSPS) is 12.6. The van der Waals surface area contributed by atoms with Gasteiger partial charge in [0.25, 0.3) is 0 Å². The Morgan fingerprint density at radius 1 is 1.06 bits per heavy atom. The summed E-state index contributed by atoms with van der Waals surface area (Å²) in [5, 5.41) is 15.2. The highest BCUT2D eigenvalue weighted by atomic mass is 16.3. The molecule has 0 aliphatic heterocycles. The molecule has 1 aromatic carbocycles. The van der Waals surface area contributed by atoms with E-state index in [1.165, 1.54) is 5.56 Å². The molecule has 0 amide bonds. The van der Waals surface area contributed by atoms with Crippen LogP contribution >= 0.6 is 0 Å². The summed E-state index contributed by atoms with van der Waals surface area (Å²) in [6.07, 6.45) is 1.10. The highest BCUT2D eigenvalue weighted by Crippen LogP contribution is 2.12. The maximum Gasteiger partial charge on any atom is 0.0555 e. The SMILES string of the molecule is C[C@@H](CNCCCNCCO)c1ccccc1. The van der Waals surface area contributed by atoms with E-state index in [1.54, 1.807) is 0 Å². The van der Waals surface area contributed by atoms with E-state index in [0.29, 0.717) is 12.5 Å². The molecule has 0 radical (unpaired) electrons. The Kier molecular flexibility index (Phi) is 7.63. The van der Waals surface area contributed by atoms with Gasteiger partial charge in [0.1, 0.15) is 0 Å². The van der Waals surface area contributed by atoms with E-state index in [-0.39, 0.29) is 6.61 Å². The monoisotopic (exact) mass is 236 g/mol. The van der Waals surface area contributed by atoms with Crippen LogP contribution in [0.4, 0.5) is 0 Å². The molecule has 0 unspecified atom stereocenters. The van der Waals surface area contributed by atoms with Gasteiger partial charge in [0.2, 0.25) is 0 Å². The summed E-state index contributed by atoms with van der Waals surface area (Å²) < 4.78 is 0. The van der Waals surface area contributed by atoms with Gasteiger partial charge in [-0.2, -0.15) is 0 Å². The third-order valence-electron chi connectivity index (χ3n) is 2.81. The summed E-state index contributed by atoms with van der Waals surface area (Å²) in [5.74, 6) is 0.557. The quantitative estimate of drug-likeness (QED) is 0.567. The first-order valence-corrected chi connectivity index (χ1v) is 6.42. The van der Waals surface area contributed by atoms with Crippen molar-refractivity contribution in [3.63, 3.8) is 0 Å². The van der Waals surface area contributed by atoms with E-state index in [2.05, 4.69) is 47.9 Å². The predicted molar refractivity (Wildman–Crippen MR) is 72.3 cm³/mol. The van der Waals surface area contributed by atoms with E-state index >= 15 is 0 Å². The number of aliphatic hydroxyl groups excluding tert-OH is 1. The molecule has 0 aliphatic rings. The van der Waals surface area contributed by atoms with Crippen LogP contribution in [0, 0.1) is 0 Å². The van der Waals surface area contributed by atoms with Gasteiger partial charge in [-0.25, -0.2) is 0 Å². The molecule has 3 heteroatoms. The summed E-state index contributed by atoms with van der Waals surface area (Å²) in [5.41, 5.74) is 1.39.